The van der Waals surface area contributed by atoms with Crippen molar-refractivity contribution in [1.82, 2.24) is 15.5 Å². The molecule has 4 nitrogen and oxygen atoms in total. The second-order valence-corrected chi connectivity index (χ2v) is 6.91. The largest absolute Gasteiger partial charge is 0.497 e. The summed E-state index contributed by atoms with van der Waals surface area (Å²) in [5, 5.41) is 13.6. The minimum Gasteiger partial charge on any atom is -0.497 e. The Morgan fingerprint density at radius 1 is 1.08 bits per heavy atom. The summed E-state index contributed by atoms with van der Waals surface area (Å²) in [6.45, 7) is 0.872. The van der Waals surface area contributed by atoms with Crippen molar-refractivity contribution in [1.29, 1.82) is 0 Å². The number of hydrogen-bond donors (Lipinski definition) is 2. The molecule has 0 aliphatic heterocycles. The number of H-pyrrole nitrogens is 1. The van der Waals surface area contributed by atoms with E-state index in [9.17, 15) is 0 Å². The van der Waals surface area contributed by atoms with Gasteiger partial charge in [-0.05, 0) is 41.8 Å². The van der Waals surface area contributed by atoms with Gasteiger partial charge < -0.3 is 10.1 Å². The Hall–Kier alpha value is -2.33. The van der Waals surface area contributed by atoms with E-state index >= 15 is 0 Å². The van der Waals surface area contributed by atoms with Crippen LogP contribution in [0.3, 0.4) is 0 Å². The van der Waals surface area contributed by atoms with E-state index in [0.29, 0.717) is 6.04 Å². The van der Waals surface area contributed by atoms with Crippen LogP contribution in [0.4, 0.5) is 0 Å². The van der Waals surface area contributed by atoms with Crippen LogP contribution >= 0.6 is 0 Å². The van der Waals surface area contributed by atoms with Gasteiger partial charge >= 0.3 is 0 Å². The molecule has 25 heavy (non-hydrogen) atoms. The van der Waals surface area contributed by atoms with Crippen LogP contribution < -0.4 is 10.1 Å². The minimum atomic E-state index is 0.653. The number of fused-ring (bicyclic) bond motifs is 1. The molecule has 1 saturated carbocycles. The van der Waals surface area contributed by atoms with Crippen molar-refractivity contribution >= 4 is 10.8 Å². The van der Waals surface area contributed by atoms with Gasteiger partial charge in [-0.1, -0.05) is 37.5 Å². The first kappa shape index (κ1) is 16.2. The molecule has 1 aromatic heterocycles. The number of rotatable bonds is 5. The molecule has 1 heterocycles. The lowest BCUT2D eigenvalue weighted by Crippen LogP contribution is -2.30. The highest BCUT2D eigenvalue weighted by Crippen LogP contribution is 2.28. The van der Waals surface area contributed by atoms with Crippen LogP contribution in [0.5, 0.6) is 5.75 Å². The van der Waals surface area contributed by atoms with Crippen molar-refractivity contribution in [3.05, 3.63) is 48.2 Å². The van der Waals surface area contributed by atoms with Crippen molar-refractivity contribution in [2.45, 2.75) is 44.7 Å². The second-order valence-electron chi connectivity index (χ2n) is 6.91. The third kappa shape index (κ3) is 3.54. The first-order chi connectivity index (χ1) is 12.3. The second kappa shape index (κ2) is 7.28. The first-order valence-corrected chi connectivity index (χ1v) is 9.17. The van der Waals surface area contributed by atoms with E-state index in [0.717, 1.165) is 18.0 Å². The van der Waals surface area contributed by atoms with Crippen LogP contribution in [0.15, 0.2) is 42.6 Å². The maximum atomic E-state index is 5.31. The van der Waals surface area contributed by atoms with E-state index in [-0.39, 0.29) is 0 Å². The lowest BCUT2D eigenvalue weighted by molar-refractivity contribution is 0.372. The predicted molar refractivity (Wildman–Crippen MR) is 102 cm³/mol. The molecule has 0 unspecified atom stereocenters. The third-order valence-electron chi connectivity index (χ3n) is 5.24. The molecule has 0 saturated heterocycles. The maximum absolute atomic E-state index is 5.31. The molecule has 1 aliphatic carbocycles. The number of nitrogens with one attached hydrogen (secondary N) is 2. The van der Waals surface area contributed by atoms with Gasteiger partial charge in [-0.25, -0.2) is 0 Å². The molecular formula is C21H25N3O. The molecule has 3 aromatic rings. The van der Waals surface area contributed by atoms with E-state index in [2.05, 4.69) is 45.8 Å². The minimum absolute atomic E-state index is 0.653. The normalized spacial score (nSPS) is 15.6. The number of aromatic nitrogens is 2. The number of hydrogen-bond acceptors (Lipinski definition) is 3. The monoisotopic (exact) mass is 335 g/mol. The van der Waals surface area contributed by atoms with Crippen LogP contribution in [-0.2, 0) is 6.54 Å². The van der Waals surface area contributed by atoms with Crippen LogP contribution in [0.25, 0.3) is 22.0 Å². The summed E-state index contributed by atoms with van der Waals surface area (Å²) in [7, 11) is 1.70. The van der Waals surface area contributed by atoms with E-state index in [1.807, 2.05) is 12.3 Å². The van der Waals surface area contributed by atoms with Gasteiger partial charge in [-0.15, -0.1) is 0 Å². The quantitative estimate of drug-likeness (QED) is 0.713. The van der Waals surface area contributed by atoms with Crippen LogP contribution in [-0.4, -0.2) is 23.3 Å². The fourth-order valence-corrected chi connectivity index (χ4v) is 3.76. The zero-order valence-corrected chi connectivity index (χ0v) is 14.7. The molecule has 1 aliphatic rings. The van der Waals surface area contributed by atoms with Gasteiger partial charge in [0.25, 0.3) is 0 Å². The molecule has 4 rings (SSSR count). The molecule has 0 bridgehead atoms. The Kier molecular flexibility index (Phi) is 4.70. The van der Waals surface area contributed by atoms with Crippen molar-refractivity contribution in [3.63, 3.8) is 0 Å². The molecule has 0 spiro atoms. The highest BCUT2D eigenvalue weighted by atomic mass is 16.5. The van der Waals surface area contributed by atoms with Crippen LogP contribution in [0.2, 0.25) is 0 Å². The summed E-state index contributed by atoms with van der Waals surface area (Å²) in [4.78, 5) is 0. The van der Waals surface area contributed by atoms with Gasteiger partial charge in [0.05, 0.1) is 19.0 Å². The van der Waals surface area contributed by atoms with Gasteiger partial charge in [-0.2, -0.15) is 5.10 Å². The molecule has 0 amide bonds. The predicted octanol–water partition coefficient (Wildman–Crippen LogP) is 4.66. The Morgan fingerprint density at radius 2 is 1.88 bits per heavy atom. The highest BCUT2D eigenvalue weighted by Gasteiger charge is 2.14. The molecular weight excluding hydrogens is 310 g/mol. The molecule has 130 valence electrons. The fourth-order valence-electron chi connectivity index (χ4n) is 3.76. The zero-order valence-electron chi connectivity index (χ0n) is 14.7. The maximum Gasteiger partial charge on any atom is 0.119 e. The lowest BCUT2D eigenvalue weighted by Gasteiger charge is -2.22. The van der Waals surface area contributed by atoms with Gasteiger partial charge in [-0.3, -0.25) is 5.10 Å². The number of nitrogens with zero attached hydrogens (tertiary/aromatic N) is 1. The van der Waals surface area contributed by atoms with Gasteiger partial charge in [0.15, 0.2) is 0 Å². The van der Waals surface area contributed by atoms with E-state index in [1.165, 1.54) is 54.0 Å². The Morgan fingerprint density at radius 3 is 2.72 bits per heavy atom. The third-order valence-corrected chi connectivity index (χ3v) is 5.24. The Labute approximate surface area is 148 Å². The molecule has 2 aromatic carbocycles. The molecule has 0 radical (unpaired) electrons. The summed E-state index contributed by atoms with van der Waals surface area (Å²) in [6.07, 6.45) is 8.63. The summed E-state index contributed by atoms with van der Waals surface area (Å²) < 4.78 is 5.31. The summed E-state index contributed by atoms with van der Waals surface area (Å²) in [5.41, 5.74) is 3.52. The Bertz CT molecular complexity index is 849. The van der Waals surface area contributed by atoms with Crippen molar-refractivity contribution in [2.24, 2.45) is 0 Å². The zero-order chi connectivity index (χ0) is 17.1. The van der Waals surface area contributed by atoms with E-state index in [1.54, 1.807) is 7.11 Å². The fraction of sp³-hybridized carbons (Fsp3) is 0.381. The molecule has 1 fully saturated rings. The summed E-state index contributed by atoms with van der Waals surface area (Å²) in [5.74, 6) is 0.888. The average Bonchev–Trinajstić information content (AvgIpc) is 3.15. The molecule has 0 atom stereocenters. The number of ether oxygens (including phenoxy) is 1. The van der Waals surface area contributed by atoms with Crippen molar-refractivity contribution < 1.29 is 4.74 Å². The summed E-state index contributed by atoms with van der Waals surface area (Å²) >= 11 is 0. The first-order valence-electron chi connectivity index (χ1n) is 9.17. The van der Waals surface area contributed by atoms with Crippen molar-refractivity contribution in [2.75, 3.05) is 7.11 Å². The van der Waals surface area contributed by atoms with Crippen molar-refractivity contribution in [3.8, 4) is 17.0 Å². The number of methoxy groups -OCH3 is 1. The van der Waals surface area contributed by atoms with Crippen LogP contribution in [0, 0.1) is 0 Å². The molecule has 2 N–H and O–H groups in total. The SMILES string of the molecule is COc1ccc2cc(-c3[nH]ncc3CNC3CCCCC3)ccc2c1. The van der Waals surface area contributed by atoms with E-state index in [4.69, 9.17) is 4.74 Å². The van der Waals surface area contributed by atoms with E-state index < -0.39 is 0 Å². The van der Waals surface area contributed by atoms with Gasteiger partial charge in [0, 0.05) is 23.7 Å². The molecule has 4 heteroatoms. The highest BCUT2D eigenvalue weighted by molar-refractivity contribution is 5.88. The average molecular weight is 335 g/mol. The smallest absolute Gasteiger partial charge is 0.119 e. The summed E-state index contributed by atoms with van der Waals surface area (Å²) in [6, 6.07) is 13.3. The van der Waals surface area contributed by atoms with Gasteiger partial charge in [0.1, 0.15) is 5.75 Å². The number of benzene rings is 2. The number of aromatic amines is 1. The standard InChI is InChI=1S/C21H25N3O/c1-25-20-10-9-15-11-17(8-7-16(15)12-20)21-18(14-23-24-21)13-22-19-5-3-2-4-6-19/h7-12,14,19,22H,2-6,13H2,1H3,(H,23,24). The van der Waals surface area contributed by atoms with Crippen LogP contribution in [0.1, 0.15) is 37.7 Å². The Balaban J connectivity index is 1.55. The van der Waals surface area contributed by atoms with Gasteiger partial charge in [0.2, 0.25) is 0 Å². The lowest BCUT2D eigenvalue weighted by atomic mass is 9.95. The topological polar surface area (TPSA) is 49.9 Å².